The van der Waals surface area contributed by atoms with Crippen LogP contribution in [0.2, 0.25) is 10.3 Å². The van der Waals surface area contributed by atoms with Crippen LogP contribution in [0, 0.1) is 5.92 Å². The molecule has 1 aliphatic carbocycles. The maximum absolute atomic E-state index is 6.09. The lowest BCUT2D eigenvalue weighted by molar-refractivity contribution is 0.0862. The molecule has 1 fully saturated rings. The molecule has 4 heteroatoms. The lowest BCUT2D eigenvalue weighted by Gasteiger charge is -2.26. The van der Waals surface area contributed by atoms with Crippen molar-refractivity contribution in [2.45, 2.75) is 25.4 Å². The Morgan fingerprint density at radius 3 is 3.07 bits per heavy atom. The van der Waals surface area contributed by atoms with Gasteiger partial charge in [-0.25, -0.2) is 4.98 Å². The van der Waals surface area contributed by atoms with Crippen molar-refractivity contribution in [2.24, 2.45) is 5.92 Å². The van der Waals surface area contributed by atoms with E-state index >= 15 is 0 Å². The molecule has 2 nitrogen and oxygen atoms in total. The van der Waals surface area contributed by atoms with Crippen LogP contribution in [0.25, 0.3) is 0 Å². The van der Waals surface area contributed by atoms with Gasteiger partial charge in [0.25, 0.3) is 0 Å². The fourth-order valence-corrected chi connectivity index (χ4v) is 3.14. The summed E-state index contributed by atoms with van der Waals surface area (Å²) < 4.78 is 5.68. The standard InChI is InChI=1S/C11H11Cl2NO/c12-10-4-7-3-6-1-2-15-9(6)5-8(7)11(13)14-10/h4,6,9H,1-3,5H2/t6-,9+/m1/s1. The quantitative estimate of drug-likeness (QED) is 0.654. The zero-order valence-corrected chi connectivity index (χ0v) is 9.68. The van der Waals surface area contributed by atoms with Crippen molar-refractivity contribution in [3.8, 4) is 0 Å². The minimum absolute atomic E-state index is 0.345. The number of hydrogen-bond donors (Lipinski definition) is 0. The third-order valence-electron chi connectivity index (χ3n) is 3.37. The zero-order valence-electron chi connectivity index (χ0n) is 8.17. The lowest BCUT2D eigenvalue weighted by Crippen LogP contribution is -2.27. The van der Waals surface area contributed by atoms with Gasteiger partial charge in [-0.2, -0.15) is 0 Å². The number of rotatable bonds is 0. The first-order valence-corrected chi connectivity index (χ1v) is 5.95. The number of nitrogens with zero attached hydrogens (tertiary/aromatic N) is 1. The number of hydrogen-bond acceptors (Lipinski definition) is 2. The minimum Gasteiger partial charge on any atom is -0.378 e. The highest BCUT2D eigenvalue weighted by Crippen LogP contribution is 2.37. The average Bonchev–Trinajstić information content (AvgIpc) is 2.61. The molecule has 2 aliphatic rings. The molecule has 0 unspecified atom stereocenters. The van der Waals surface area contributed by atoms with Crippen molar-refractivity contribution in [1.29, 1.82) is 0 Å². The van der Waals surface area contributed by atoms with Crippen LogP contribution < -0.4 is 0 Å². The second-order valence-corrected chi connectivity index (χ2v) is 4.98. The largest absolute Gasteiger partial charge is 0.378 e. The molecule has 0 saturated carbocycles. The number of pyridine rings is 1. The summed E-state index contributed by atoms with van der Waals surface area (Å²) in [6, 6.07) is 1.94. The van der Waals surface area contributed by atoms with E-state index in [1.54, 1.807) is 0 Å². The van der Waals surface area contributed by atoms with E-state index in [1.165, 1.54) is 5.56 Å². The molecule has 80 valence electrons. The molecule has 0 bridgehead atoms. The summed E-state index contributed by atoms with van der Waals surface area (Å²) in [5.41, 5.74) is 2.39. The Labute approximate surface area is 98.5 Å². The van der Waals surface area contributed by atoms with Crippen LogP contribution in [0.15, 0.2) is 6.07 Å². The summed E-state index contributed by atoms with van der Waals surface area (Å²) in [7, 11) is 0. The van der Waals surface area contributed by atoms with Crippen LogP contribution in [0.4, 0.5) is 0 Å². The van der Waals surface area contributed by atoms with E-state index in [0.717, 1.165) is 31.4 Å². The van der Waals surface area contributed by atoms with Gasteiger partial charge in [-0.05, 0) is 36.0 Å². The highest BCUT2D eigenvalue weighted by Gasteiger charge is 2.34. The Kier molecular flexibility index (Phi) is 2.38. The van der Waals surface area contributed by atoms with E-state index < -0.39 is 0 Å². The van der Waals surface area contributed by atoms with Gasteiger partial charge >= 0.3 is 0 Å². The first kappa shape index (κ1) is 9.88. The van der Waals surface area contributed by atoms with Crippen molar-refractivity contribution < 1.29 is 4.74 Å². The molecule has 15 heavy (non-hydrogen) atoms. The molecule has 2 heterocycles. The number of halogens is 2. The second kappa shape index (κ2) is 3.62. The van der Waals surface area contributed by atoms with E-state index in [9.17, 15) is 0 Å². The van der Waals surface area contributed by atoms with Crippen LogP contribution in [-0.2, 0) is 17.6 Å². The smallest absolute Gasteiger partial charge is 0.134 e. The fraction of sp³-hybridized carbons (Fsp3) is 0.545. The first-order valence-electron chi connectivity index (χ1n) is 5.19. The predicted octanol–water partition coefficient (Wildman–Crippen LogP) is 2.89. The molecule has 0 radical (unpaired) electrons. The molecule has 0 spiro atoms. The molecule has 2 atom stereocenters. The number of fused-ring (bicyclic) bond motifs is 2. The summed E-state index contributed by atoms with van der Waals surface area (Å²) in [6.07, 6.45) is 3.42. The number of ether oxygens (including phenoxy) is 1. The van der Waals surface area contributed by atoms with Gasteiger partial charge in [0, 0.05) is 13.0 Å². The zero-order chi connectivity index (χ0) is 10.4. The average molecular weight is 244 g/mol. The first-order chi connectivity index (χ1) is 7.24. The Bertz CT molecular complexity index is 408. The van der Waals surface area contributed by atoms with Crippen molar-refractivity contribution in [2.75, 3.05) is 6.61 Å². The monoisotopic (exact) mass is 243 g/mol. The molecular weight excluding hydrogens is 233 g/mol. The Morgan fingerprint density at radius 1 is 1.33 bits per heavy atom. The van der Waals surface area contributed by atoms with Crippen molar-refractivity contribution in [3.63, 3.8) is 0 Å². The van der Waals surface area contributed by atoms with E-state index in [2.05, 4.69) is 4.98 Å². The second-order valence-electron chi connectivity index (χ2n) is 4.24. The van der Waals surface area contributed by atoms with Crippen molar-refractivity contribution in [3.05, 3.63) is 27.5 Å². The highest BCUT2D eigenvalue weighted by atomic mass is 35.5. The van der Waals surface area contributed by atoms with E-state index in [0.29, 0.717) is 22.3 Å². The molecule has 0 aromatic carbocycles. The van der Waals surface area contributed by atoms with Gasteiger partial charge in [0.05, 0.1) is 6.10 Å². The van der Waals surface area contributed by atoms with Gasteiger partial charge in [0.2, 0.25) is 0 Å². The Hall–Kier alpha value is -0.310. The maximum Gasteiger partial charge on any atom is 0.134 e. The highest BCUT2D eigenvalue weighted by molar-refractivity contribution is 6.33. The molecule has 0 amide bonds. The van der Waals surface area contributed by atoms with E-state index in [4.69, 9.17) is 27.9 Å². The lowest BCUT2D eigenvalue weighted by atomic mass is 9.82. The maximum atomic E-state index is 6.09. The molecule has 3 rings (SSSR count). The summed E-state index contributed by atoms with van der Waals surface area (Å²) in [4.78, 5) is 4.08. The molecule has 1 saturated heterocycles. The van der Waals surface area contributed by atoms with Crippen LogP contribution in [-0.4, -0.2) is 17.7 Å². The summed E-state index contributed by atoms with van der Waals surface area (Å²) in [5, 5.41) is 1.04. The van der Waals surface area contributed by atoms with Crippen LogP contribution in [0.5, 0.6) is 0 Å². The third kappa shape index (κ3) is 1.65. The molecule has 1 aromatic rings. The van der Waals surface area contributed by atoms with Gasteiger partial charge in [-0.15, -0.1) is 0 Å². The number of aromatic nitrogens is 1. The van der Waals surface area contributed by atoms with Gasteiger partial charge in [0.1, 0.15) is 10.3 Å². The SMILES string of the molecule is Clc1cc2c(c(Cl)n1)C[C@@H]1OCC[C@@H]1C2. The molecule has 1 aliphatic heterocycles. The summed E-state index contributed by atoms with van der Waals surface area (Å²) in [5.74, 6) is 0.645. The van der Waals surface area contributed by atoms with Crippen LogP contribution >= 0.6 is 23.2 Å². The van der Waals surface area contributed by atoms with E-state index in [1.807, 2.05) is 6.07 Å². The topological polar surface area (TPSA) is 22.1 Å². The van der Waals surface area contributed by atoms with Crippen LogP contribution in [0.3, 0.4) is 0 Å². The van der Waals surface area contributed by atoms with Gasteiger partial charge in [-0.3, -0.25) is 0 Å². The van der Waals surface area contributed by atoms with Crippen molar-refractivity contribution in [1.82, 2.24) is 4.98 Å². The van der Waals surface area contributed by atoms with Gasteiger partial charge in [0.15, 0.2) is 0 Å². The normalized spacial score (nSPS) is 28.7. The van der Waals surface area contributed by atoms with Crippen molar-refractivity contribution >= 4 is 23.2 Å². The van der Waals surface area contributed by atoms with Gasteiger partial charge in [-0.1, -0.05) is 23.2 Å². The minimum atomic E-state index is 0.345. The Morgan fingerprint density at radius 2 is 2.20 bits per heavy atom. The van der Waals surface area contributed by atoms with Gasteiger partial charge < -0.3 is 4.74 Å². The fourth-order valence-electron chi connectivity index (χ4n) is 2.59. The van der Waals surface area contributed by atoms with Crippen LogP contribution in [0.1, 0.15) is 17.5 Å². The summed E-state index contributed by atoms with van der Waals surface area (Å²) >= 11 is 12.0. The molecular formula is C11H11Cl2NO. The summed E-state index contributed by atoms with van der Waals surface area (Å²) in [6.45, 7) is 0.877. The molecule has 1 aromatic heterocycles. The Balaban J connectivity index is 2.03. The third-order valence-corrected chi connectivity index (χ3v) is 3.87. The predicted molar refractivity (Wildman–Crippen MR) is 59.5 cm³/mol. The van der Waals surface area contributed by atoms with E-state index in [-0.39, 0.29) is 0 Å². The molecule has 0 N–H and O–H groups in total.